The van der Waals surface area contributed by atoms with Crippen LogP contribution in [0.3, 0.4) is 0 Å². The van der Waals surface area contributed by atoms with Gasteiger partial charge in [-0.3, -0.25) is 0 Å². The Balaban J connectivity index is 3.12. The summed E-state index contributed by atoms with van der Waals surface area (Å²) in [5.41, 5.74) is 2.10. The largest absolute Gasteiger partial charge is 0.213 e. The Morgan fingerprint density at radius 1 is 1.55 bits per heavy atom. The van der Waals surface area contributed by atoms with Crippen LogP contribution in [-0.2, 0) is 0 Å². The predicted molar refractivity (Wildman–Crippen MR) is 48.5 cm³/mol. The molecule has 56 valence electrons. The number of hydrogen-bond donors (Lipinski definition) is 0. The smallest absolute Gasteiger partial charge is 0.118 e. The van der Waals surface area contributed by atoms with Gasteiger partial charge in [-0.1, -0.05) is 5.47 Å². The van der Waals surface area contributed by atoms with Crippen LogP contribution in [0.5, 0.6) is 0 Å². The molecule has 1 aromatic rings. The monoisotopic (exact) mass is 166 g/mol. The Labute approximate surface area is 71.2 Å². The predicted octanol–water partition coefficient (Wildman–Crippen LogP) is 2.88. The molecule has 0 aliphatic heterocycles. The van der Waals surface area contributed by atoms with E-state index in [1.165, 1.54) is 18.3 Å². The van der Waals surface area contributed by atoms with E-state index >= 15 is 0 Å². The van der Waals surface area contributed by atoms with Crippen molar-refractivity contribution in [3.63, 3.8) is 0 Å². The number of rotatable bonds is 1. The molecule has 0 nitrogen and oxygen atoms in total. The van der Waals surface area contributed by atoms with Gasteiger partial charge in [-0.05, 0) is 35.7 Å². The van der Waals surface area contributed by atoms with E-state index in [2.05, 4.69) is 0 Å². The maximum absolute atomic E-state index is 12.6. The molecule has 0 aliphatic rings. The molecule has 1 rings (SSSR count). The minimum atomic E-state index is -0.313. The molecule has 3 heteroatoms. The van der Waals surface area contributed by atoms with Crippen molar-refractivity contribution in [2.24, 2.45) is 0 Å². The minimum absolute atomic E-state index is 0.253. The summed E-state index contributed by atoms with van der Waals surface area (Å²) >= 11 is 1.53. The summed E-state index contributed by atoms with van der Waals surface area (Å²) in [5.74, 6) is -0.313. The van der Waals surface area contributed by atoms with Gasteiger partial charge < -0.3 is 0 Å². The molecule has 1 heterocycles. The van der Waals surface area contributed by atoms with Crippen LogP contribution < -0.4 is 0 Å². The highest BCUT2D eigenvalue weighted by Gasteiger charge is 2.03. The first-order chi connectivity index (χ1) is 5.13. The first-order valence-electron chi connectivity index (χ1n) is 3.28. The topological polar surface area (TPSA) is 0 Å². The van der Waals surface area contributed by atoms with Crippen molar-refractivity contribution in [3.05, 3.63) is 27.7 Å². The molecule has 2 radical (unpaired) electrons. The second-order valence-electron chi connectivity index (χ2n) is 2.42. The number of halogens is 1. The lowest BCUT2D eigenvalue weighted by molar-refractivity contribution is 0.646. The molecule has 0 fully saturated rings. The zero-order valence-electron chi connectivity index (χ0n) is 6.52. The molecule has 0 saturated carbocycles. The lowest BCUT2D eigenvalue weighted by Gasteiger charge is -1.99. The first kappa shape index (κ1) is 8.53. The minimum Gasteiger partial charge on any atom is -0.213 e. The van der Waals surface area contributed by atoms with E-state index in [9.17, 15) is 4.39 Å². The molecular weight excluding hydrogens is 158 g/mol. The molecule has 0 amide bonds. The zero-order valence-corrected chi connectivity index (χ0v) is 7.33. The van der Waals surface area contributed by atoms with Crippen molar-refractivity contribution in [2.75, 3.05) is 0 Å². The van der Waals surface area contributed by atoms with Gasteiger partial charge in [0.1, 0.15) is 7.85 Å². The van der Waals surface area contributed by atoms with Gasteiger partial charge in [-0.15, -0.1) is 0 Å². The van der Waals surface area contributed by atoms with Gasteiger partial charge in [0.15, 0.2) is 0 Å². The molecule has 1 aromatic heterocycles. The molecule has 0 N–H and O–H groups in total. The van der Waals surface area contributed by atoms with Gasteiger partial charge in [0.05, 0.1) is 5.83 Å². The first-order valence-corrected chi connectivity index (χ1v) is 4.22. The Morgan fingerprint density at radius 2 is 2.18 bits per heavy atom. The van der Waals surface area contributed by atoms with Gasteiger partial charge in [0, 0.05) is 0 Å². The van der Waals surface area contributed by atoms with Crippen molar-refractivity contribution in [1.29, 1.82) is 0 Å². The van der Waals surface area contributed by atoms with E-state index in [1.54, 1.807) is 0 Å². The molecule has 11 heavy (non-hydrogen) atoms. The molecule has 0 aromatic carbocycles. The summed E-state index contributed by atoms with van der Waals surface area (Å²) in [6.45, 7) is 3.29. The standard InChI is InChI=1S/C8H8BFS/c1-5-3-11-4-7(5)8(9)6(2)10/h3-4H,1-2H3/b8-6-. The highest BCUT2D eigenvalue weighted by Crippen LogP contribution is 2.23. The lowest BCUT2D eigenvalue weighted by Crippen LogP contribution is -1.84. The number of allylic oxidation sites excluding steroid dienone is 1. The van der Waals surface area contributed by atoms with Crippen LogP contribution in [0.1, 0.15) is 18.1 Å². The third-order valence-electron chi connectivity index (χ3n) is 1.52. The van der Waals surface area contributed by atoms with Crippen molar-refractivity contribution >= 4 is 24.7 Å². The SMILES string of the molecule is [B]/C(=C(/C)F)c1cscc1C. The zero-order chi connectivity index (χ0) is 8.43. The second-order valence-corrected chi connectivity index (χ2v) is 3.16. The Hall–Kier alpha value is -0.565. The van der Waals surface area contributed by atoms with Crippen LogP contribution in [-0.4, -0.2) is 7.85 Å². The molecule has 0 aliphatic carbocycles. The highest BCUT2D eigenvalue weighted by atomic mass is 32.1. The van der Waals surface area contributed by atoms with Gasteiger partial charge in [0.25, 0.3) is 0 Å². The van der Waals surface area contributed by atoms with Crippen LogP contribution in [0.4, 0.5) is 4.39 Å². The summed E-state index contributed by atoms with van der Waals surface area (Å²) in [4.78, 5) is 0. The fraction of sp³-hybridized carbons (Fsp3) is 0.250. The van der Waals surface area contributed by atoms with Gasteiger partial charge in [0.2, 0.25) is 0 Å². The fourth-order valence-corrected chi connectivity index (χ4v) is 1.67. The molecule has 0 spiro atoms. The molecular formula is C8H8BFS. The summed E-state index contributed by atoms with van der Waals surface area (Å²) < 4.78 is 12.6. The Morgan fingerprint density at radius 3 is 2.55 bits per heavy atom. The summed E-state index contributed by atoms with van der Waals surface area (Å²) in [7, 11) is 5.49. The van der Waals surface area contributed by atoms with E-state index in [1.807, 2.05) is 17.7 Å². The third-order valence-corrected chi connectivity index (χ3v) is 2.38. The maximum Gasteiger partial charge on any atom is 0.118 e. The van der Waals surface area contributed by atoms with E-state index in [0.717, 1.165) is 11.1 Å². The molecule has 0 atom stereocenters. The van der Waals surface area contributed by atoms with E-state index < -0.39 is 0 Å². The fourth-order valence-electron chi connectivity index (χ4n) is 0.822. The number of thiophene rings is 1. The molecule has 0 saturated heterocycles. The normalized spacial score (nSPS) is 13.0. The summed E-state index contributed by atoms with van der Waals surface area (Å²) in [6.07, 6.45) is 0. The second kappa shape index (κ2) is 3.22. The van der Waals surface area contributed by atoms with Crippen molar-refractivity contribution in [2.45, 2.75) is 13.8 Å². The van der Waals surface area contributed by atoms with E-state index in [-0.39, 0.29) is 11.3 Å². The quantitative estimate of drug-likeness (QED) is 0.562. The maximum atomic E-state index is 12.6. The van der Waals surface area contributed by atoms with E-state index in [0.29, 0.717) is 0 Å². The summed E-state index contributed by atoms with van der Waals surface area (Å²) in [5, 5.41) is 3.80. The Bertz CT molecular complexity index is 284. The lowest BCUT2D eigenvalue weighted by atomic mass is 9.88. The summed E-state index contributed by atoms with van der Waals surface area (Å²) in [6, 6.07) is 0. The third kappa shape index (κ3) is 1.72. The van der Waals surface area contributed by atoms with Crippen LogP contribution in [0.15, 0.2) is 16.6 Å². The average molecular weight is 166 g/mol. The van der Waals surface area contributed by atoms with E-state index in [4.69, 9.17) is 7.85 Å². The number of hydrogen-bond acceptors (Lipinski definition) is 1. The molecule has 0 unspecified atom stereocenters. The van der Waals surface area contributed by atoms with Crippen LogP contribution in [0, 0.1) is 6.92 Å². The highest BCUT2D eigenvalue weighted by molar-refractivity contribution is 7.08. The van der Waals surface area contributed by atoms with Crippen molar-refractivity contribution < 1.29 is 4.39 Å². The van der Waals surface area contributed by atoms with Crippen LogP contribution in [0.2, 0.25) is 0 Å². The van der Waals surface area contributed by atoms with Gasteiger partial charge in [-0.2, -0.15) is 11.3 Å². The van der Waals surface area contributed by atoms with Gasteiger partial charge >= 0.3 is 0 Å². The average Bonchev–Trinajstić information content (AvgIpc) is 2.33. The molecule has 0 bridgehead atoms. The number of aryl methyl sites for hydroxylation is 1. The Kier molecular flexibility index (Phi) is 2.50. The van der Waals surface area contributed by atoms with Crippen LogP contribution in [0.25, 0.3) is 5.47 Å². The van der Waals surface area contributed by atoms with Crippen LogP contribution >= 0.6 is 11.3 Å². The van der Waals surface area contributed by atoms with Crippen molar-refractivity contribution in [3.8, 4) is 0 Å². The van der Waals surface area contributed by atoms with Crippen molar-refractivity contribution in [1.82, 2.24) is 0 Å². The van der Waals surface area contributed by atoms with Gasteiger partial charge in [-0.25, -0.2) is 4.39 Å².